The van der Waals surface area contributed by atoms with Gasteiger partial charge in [0.15, 0.2) is 0 Å². The molecule has 0 atom stereocenters. The van der Waals surface area contributed by atoms with Crippen LogP contribution in [-0.2, 0) is 14.8 Å². The lowest BCUT2D eigenvalue weighted by Crippen LogP contribution is -2.44. The van der Waals surface area contributed by atoms with Crippen molar-refractivity contribution in [3.05, 3.63) is 28.8 Å². The summed E-state index contributed by atoms with van der Waals surface area (Å²) >= 11 is 6.06. The van der Waals surface area contributed by atoms with Gasteiger partial charge in [0.05, 0.1) is 12.8 Å². The first-order chi connectivity index (χ1) is 11.3. The summed E-state index contributed by atoms with van der Waals surface area (Å²) in [6.45, 7) is 1.72. The Bertz CT molecular complexity index is 683. The van der Waals surface area contributed by atoms with E-state index in [1.165, 1.54) is 10.6 Å². The molecule has 0 unspecified atom stereocenters. The number of carbonyl (C=O) groups excluding carboxylic acids is 1. The van der Waals surface area contributed by atoms with Crippen molar-refractivity contribution in [2.45, 2.75) is 51.5 Å². The van der Waals surface area contributed by atoms with Gasteiger partial charge in [0.1, 0.15) is 0 Å². The zero-order valence-corrected chi connectivity index (χ0v) is 15.8. The number of sulfonamides is 1. The van der Waals surface area contributed by atoms with Crippen LogP contribution in [0.2, 0.25) is 5.02 Å². The van der Waals surface area contributed by atoms with Gasteiger partial charge < -0.3 is 5.32 Å². The van der Waals surface area contributed by atoms with Crippen molar-refractivity contribution in [2.75, 3.05) is 18.1 Å². The Labute approximate surface area is 149 Å². The fraction of sp³-hybridized carbons (Fsp3) is 0.588. The lowest BCUT2D eigenvalue weighted by Gasteiger charge is -2.28. The first kappa shape index (κ1) is 19.2. The standard InChI is InChI=1S/C17H25ClN2O3S/c1-13-9-10-14(11-16(13)18)19-17(21)12-20(24(2,22)23)15-7-5-3-4-6-8-15/h9-11,15H,3-8,12H2,1-2H3,(H,19,21). The van der Waals surface area contributed by atoms with Crippen molar-refractivity contribution in [1.29, 1.82) is 0 Å². The predicted octanol–water partition coefficient (Wildman–Crippen LogP) is 3.57. The maximum atomic E-state index is 12.3. The number of hydrogen-bond acceptors (Lipinski definition) is 3. The van der Waals surface area contributed by atoms with E-state index in [0.717, 1.165) is 44.1 Å². The van der Waals surface area contributed by atoms with E-state index >= 15 is 0 Å². The van der Waals surface area contributed by atoms with Crippen molar-refractivity contribution in [3.63, 3.8) is 0 Å². The number of halogens is 1. The van der Waals surface area contributed by atoms with Crippen LogP contribution >= 0.6 is 11.6 Å². The molecule has 1 saturated carbocycles. The topological polar surface area (TPSA) is 66.5 Å². The second-order valence-corrected chi connectivity index (χ2v) is 8.81. The molecule has 134 valence electrons. The van der Waals surface area contributed by atoms with Crippen molar-refractivity contribution in [1.82, 2.24) is 4.31 Å². The van der Waals surface area contributed by atoms with Crippen LogP contribution in [0, 0.1) is 6.92 Å². The summed E-state index contributed by atoms with van der Waals surface area (Å²) in [5.41, 5.74) is 1.50. The fourth-order valence-corrected chi connectivity index (χ4v) is 4.36. The second kappa shape index (κ2) is 8.32. The van der Waals surface area contributed by atoms with E-state index in [4.69, 9.17) is 11.6 Å². The van der Waals surface area contributed by atoms with Crippen molar-refractivity contribution < 1.29 is 13.2 Å². The highest BCUT2D eigenvalue weighted by Gasteiger charge is 2.29. The highest BCUT2D eigenvalue weighted by atomic mass is 35.5. The van der Waals surface area contributed by atoms with Gasteiger partial charge in [-0.15, -0.1) is 0 Å². The SMILES string of the molecule is Cc1ccc(NC(=O)CN(C2CCCCCC2)S(C)(=O)=O)cc1Cl. The maximum absolute atomic E-state index is 12.3. The van der Waals surface area contributed by atoms with Crippen LogP contribution in [0.5, 0.6) is 0 Å². The molecule has 24 heavy (non-hydrogen) atoms. The average Bonchev–Trinajstić information content (AvgIpc) is 2.76. The van der Waals surface area contributed by atoms with E-state index in [1.807, 2.05) is 13.0 Å². The van der Waals surface area contributed by atoms with Crippen LogP contribution in [0.1, 0.15) is 44.1 Å². The Morgan fingerprint density at radius 1 is 1.25 bits per heavy atom. The molecule has 0 bridgehead atoms. The third-order valence-electron chi connectivity index (χ3n) is 4.41. The summed E-state index contributed by atoms with van der Waals surface area (Å²) in [5.74, 6) is -0.343. The molecule has 1 aliphatic carbocycles. The molecule has 0 aliphatic heterocycles. The summed E-state index contributed by atoms with van der Waals surface area (Å²) in [4.78, 5) is 12.3. The van der Waals surface area contributed by atoms with E-state index < -0.39 is 10.0 Å². The van der Waals surface area contributed by atoms with Gasteiger partial charge >= 0.3 is 0 Å². The van der Waals surface area contributed by atoms with Gasteiger partial charge in [-0.05, 0) is 37.5 Å². The molecular weight excluding hydrogens is 348 g/mol. The minimum Gasteiger partial charge on any atom is -0.325 e. The number of anilines is 1. The summed E-state index contributed by atoms with van der Waals surface area (Å²) < 4.78 is 25.7. The second-order valence-electron chi connectivity index (χ2n) is 6.47. The van der Waals surface area contributed by atoms with E-state index in [9.17, 15) is 13.2 Å². The number of rotatable bonds is 5. The van der Waals surface area contributed by atoms with Gasteiger partial charge in [-0.2, -0.15) is 4.31 Å². The molecule has 1 N–H and O–H groups in total. The van der Waals surface area contributed by atoms with Crippen LogP contribution in [0.25, 0.3) is 0 Å². The number of amides is 1. The van der Waals surface area contributed by atoms with Gasteiger partial charge in [-0.25, -0.2) is 8.42 Å². The molecule has 0 radical (unpaired) electrons. The average molecular weight is 373 g/mol. The number of nitrogens with zero attached hydrogens (tertiary/aromatic N) is 1. The number of nitrogens with one attached hydrogen (secondary N) is 1. The normalized spacial score (nSPS) is 16.8. The molecule has 1 fully saturated rings. The molecule has 0 heterocycles. The smallest absolute Gasteiger partial charge is 0.239 e. The van der Waals surface area contributed by atoms with E-state index in [0.29, 0.717) is 10.7 Å². The number of benzene rings is 1. The Morgan fingerprint density at radius 3 is 2.42 bits per heavy atom. The predicted molar refractivity (Wildman–Crippen MR) is 97.9 cm³/mol. The van der Waals surface area contributed by atoms with Gasteiger partial charge in [-0.1, -0.05) is 43.4 Å². The molecule has 2 rings (SSSR count). The molecule has 0 spiro atoms. The lowest BCUT2D eigenvalue weighted by molar-refractivity contribution is -0.116. The van der Waals surface area contributed by atoms with Crippen molar-refractivity contribution in [3.8, 4) is 0 Å². The number of carbonyl (C=O) groups is 1. The van der Waals surface area contributed by atoms with Gasteiger partial charge in [0.2, 0.25) is 15.9 Å². The van der Waals surface area contributed by atoms with Gasteiger partial charge in [0.25, 0.3) is 0 Å². The first-order valence-electron chi connectivity index (χ1n) is 8.30. The summed E-state index contributed by atoms with van der Waals surface area (Å²) in [6.07, 6.45) is 7.07. The molecule has 1 aromatic rings. The zero-order valence-electron chi connectivity index (χ0n) is 14.2. The minimum absolute atomic E-state index is 0.0881. The Kier molecular flexibility index (Phi) is 6.66. The molecule has 5 nitrogen and oxygen atoms in total. The fourth-order valence-electron chi connectivity index (χ4n) is 3.08. The number of hydrogen-bond donors (Lipinski definition) is 1. The van der Waals surface area contributed by atoms with Crippen molar-refractivity contribution >= 4 is 33.2 Å². The van der Waals surface area contributed by atoms with E-state index in [-0.39, 0.29) is 18.5 Å². The Balaban J connectivity index is 2.07. The lowest BCUT2D eigenvalue weighted by atomic mass is 10.1. The van der Waals surface area contributed by atoms with Crippen LogP contribution in [0.3, 0.4) is 0 Å². The van der Waals surface area contributed by atoms with Gasteiger partial charge in [0, 0.05) is 16.8 Å². The Hall–Kier alpha value is -1.11. The van der Waals surface area contributed by atoms with Crippen LogP contribution in [0.15, 0.2) is 18.2 Å². The van der Waals surface area contributed by atoms with Gasteiger partial charge in [-0.3, -0.25) is 4.79 Å². The van der Waals surface area contributed by atoms with Crippen molar-refractivity contribution in [2.24, 2.45) is 0 Å². The maximum Gasteiger partial charge on any atom is 0.239 e. The molecular formula is C17H25ClN2O3S. The Morgan fingerprint density at radius 2 is 1.88 bits per heavy atom. The van der Waals surface area contributed by atoms with Crippen LogP contribution < -0.4 is 5.32 Å². The quantitative estimate of drug-likeness (QED) is 0.803. The van der Waals surface area contributed by atoms with E-state index in [1.54, 1.807) is 12.1 Å². The molecule has 0 saturated heterocycles. The van der Waals surface area contributed by atoms with Crippen LogP contribution in [0.4, 0.5) is 5.69 Å². The minimum atomic E-state index is -3.44. The zero-order chi connectivity index (χ0) is 17.7. The largest absolute Gasteiger partial charge is 0.325 e. The molecule has 7 heteroatoms. The molecule has 1 amide bonds. The molecule has 0 aromatic heterocycles. The summed E-state index contributed by atoms with van der Waals surface area (Å²) in [5, 5.41) is 3.30. The third kappa shape index (κ3) is 5.46. The summed E-state index contributed by atoms with van der Waals surface area (Å²) in [7, 11) is -3.44. The molecule has 1 aliphatic rings. The number of aryl methyl sites for hydroxylation is 1. The summed E-state index contributed by atoms with van der Waals surface area (Å²) in [6, 6.07) is 5.16. The first-order valence-corrected chi connectivity index (χ1v) is 10.5. The monoisotopic (exact) mass is 372 g/mol. The third-order valence-corrected chi connectivity index (χ3v) is 6.10. The van der Waals surface area contributed by atoms with Crippen LogP contribution in [-0.4, -0.2) is 37.5 Å². The highest BCUT2D eigenvalue weighted by Crippen LogP contribution is 2.24. The van der Waals surface area contributed by atoms with E-state index in [2.05, 4.69) is 5.32 Å². The molecule has 1 aromatic carbocycles. The highest BCUT2D eigenvalue weighted by molar-refractivity contribution is 7.88.